The average Bonchev–Trinajstić information content (AvgIpc) is 2.70. The molecule has 2 nitrogen and oxygen atoms in total. The fourth-order valence-corrected chi connectivity index (χ4v) is 3.85. The first kappa shape index (κ1) is 13.9. The fourth-order valence-electron chi connectivity index (χ4n) is 1.62. The molecule has 1 heterocycles. The van der Waals surface area contributed by atoms with Crippen LogP contribution in [-0.2, 0) is 5.75 Å². The number of aliphatic hydroxyl groups excluding tert-OH is 1. The zero-order valence-electron chi connectivity index (χ0n) is 10.2. The highest BCUT2D eigenvalue weighted by atomic mass is 35.5. The van der Waals surface area contributed by atoms with Gasteiger partial charge in [0.15, 0.2) is 0 Å². The second-order valence-electron chi connectivity index (χ2n) is 3.95. The third kappa shape index (κ3) is 3.26. The molecule has 0 aliphatic carbocycles. The Kier molecular flexibility index (Phi) is 4.67. The molecule has 1 unspecified atom stereocenters. The molecule has 0 spiro atoms. The number of halogens is 1. The quantitative estimate of drug-likeness (QED) is 0.847. The number of aromatic nitrogens is 1. The lowest BCUT2D eigenvalue weighted by molar-refractivity contribution is 0.202. The summed E-state index contributed by atoms with van der Waals surface area (Å²) >= 11 is 9.34. The second kappa shape index (κ2) is 6.06. The number of benzene rings is 1. The van der Waals surface area contributed by atoms with Crippen LogP contribution in [-0.4, -0.2) is 10.1 Å². The number of aliphatic hydroxyl groups is 1. The van der Waals surface area contributed by atoms with Crippen LogP contribution < -0.4 is 0 Å². The van der Waals surface area contributed by atoms with E-state index in [2.05, 4.69) is 4.98 Å². The number of rotatable bonds is 4. The van der Waals surface area contributed by atoms with Gasteiger partial charge in [-0.25, -0.2) is 4.98 Å². The van der Waals surface area contributed by atoms with E-state index < -0.39 is 6.10 Å². The summed E-state index contributed by atoms with van der Waals surface area (Å²) in [7, 11) is 0. The van der Waals surface area contributed by atoms with Crippen LogP contribution in [0.25, 0.3) is 0 Å². The van der Waals surface area contributed by atoms with E-state index >= 15 is 0 Å². The van der Waals surface area contributed by atoms with Gasteiger partial charge in [0.25, 0.3) is 0 Å². The smallest absolute Gasteiger partial charge is 0.103 e. The summed E-state index contributed by atoms with van der Waals surface area (Å²) in [5, 5.41) is 11.4. The maximum atomic E-state index is 9.59. The molecule has 0 radical (unpaired) electrons. The summed E-state index contributed by atoms with van der Waals surface area (Å²) in [6.45, 7) is 3.70. The molecule has 0 aliphatic rings. The SMILES string of the molecule is Cc1nc(CSc2ccccc2Cl)sc1C(C)O. The number of hydrogen-bond donors (Lipinski definition) is 1. The lowest BCUT2D eigenvalue weighted by atomic mass is 10.3. The van der Waals surface area contributed by atoms with E-state index in [1.807, 2.05) is 31.2 Å². The van der Waals surface area contributed by atoms with Crippen molar-refractivity contribution in [3.8, 4) is 0 Å². The number of aryl methyl sites for hydroxylation is 1. The molecule has 96 valence electrons. The zero-order chi connectivity index (χ0) is 13.1. The Bertz CT molecular complexity index is 540. The van der Waals surface area contributed by atoms with Crippen molar-refractivity contribution in [2.24, 2.45) is 0 Å². The normalized spacial score (nSPS) is 12.7. The molecule has 0 saturated carbocycles. The van der Waals surface area contributed by atoms with E-state index in [0.29, 0.717) is 0 Å². The average molecular weight is 300 g/mol. The number of thioether (sulfide) groups is 1. The molecule has 1 N–H and O–H groups in total. The van der Waals surface area contributed by atoms with Crippen molar-refractivity contribution in [3.05, 3.63) is 44.9 Å². The first-order valence-corrected chi connectivity index (χ1v) is 7.77. The van der Waals surface area contributed by atoms with Gasteiger partial charge in [-0.15, -0.1) is 23.1 Å². The molecule has 1 aromatic carbocycles. The summed E-state index contributed by atoms with van der Waals surface area (Å²) in [5.41, 5.74) is 0.921. The predicted octanol–water partition coefficient (Wildman–Crippen LogP) is 4.45. The van der Waals surface area contributed by atoms with Gasteiger partial charge in [-0.3, -0.25) is 0 Å². The Morgan fingerprint density at radius 2 is 2.17 bits per heavy atom. The van der Waals surface area contributed by atoms with Crippen LogP contribution in [0, 0.1) is 6.92 Å². The van der Waals surface area contributed by atoms with E-state index in [4.69, 9.17) is 11.6 Å². The third-order valence-corrected chi connectivity index (χ3v) is 5.48. The Balaban J connectivity index is 2.07. The summed E-state index contributed by atoms with van der Waals surface area (Å²) in [4.78, 5) is 6.48. The van der Waals surface area contributed by atoms with Crippen LogP contribution in [0.5, 0.6) is 0 Å². The molecule has 1 aromatic heterocycles. The van der Waals surface area contributed by atoms with Gasteiger partial charge >= 0.3 is 0 Å². The van der Waals surface area contributed by atoms with Crippen LogP contribution in [0.1, 0.15) is 28.6 Å². The minimum Gasteiger partial charge on any atom is -0.388 e. The first-order valence-electron chi connectivity index (χ1n) is 5.59. The largest absolute Gasteiger partial charge is 0.388 e. The van der Waals surface area contributed by atoms with Crippen LogP contribution in [0.3, 0.4) is 0 Å². The fraction of sp³-hybridized carbons (Fsp3) is 0.308. The molecular formula is C13H14ClNOS2. The topological polar surface area (TPSA) is 33.1 Å². The van der Waals surface area contributed by atoms with Crippen LogP contribution >= 0.6 is 34.7 Å². The van der Waals surface area contributed by atoms with E-state index in [-0.39, 0.29) is 0 Å². The Hall–Kier alpha value is -0.550. The molecule has 0 aliphatic heterocycles. The zero-order valence-corrected chi connectivity index (χ0v) is 12.6. The van der Waals surface area contributed by atoms with Gasteiger partial charge in [0, 0.05) is 4.90 Å². The molecule has 0 bridgehead atoms. The van der Waals surface area contributed by atoms with Crippen LogP contribution in [0.4, 0.5) is 0 Å². The van der Waals surface area contributed by atoms with Gasteiger partial charge in [0.1, 0.15) is 5.01 Å². The molecule has 0 saturated heterocycles. The van der Waals surface area contributed by atoms with Crippen molar-refractivity contribution in [2.75, 3.05) is 0 Å². The predicted molar refractivity (Wildman–Crippen MR) is 78.5 cm³/mol. The highest BCUT2D eigenvalue weighted by Gasteiger charge is 2.12. The van der Waals surface area contributed by atoms with Crippen molar-refractivity contribution in [3.63, 3.8) is 0 Å². The third-order valence-electron chi connectivity index (χ3n) is 2.44. The van der Waals surface area contributed by atoms with Crippen molar-refractivity contribution in [2.45, 2.75) is 30.6 Å². The monoisotopic (exact) mass is 299 g/mol. The van der Waals surface area contributed by atoms with Crippen molar-refractivity contribution in [1.29, 1.82) is 0 Å². The van der Waals surface area contributed by atoms with Crippen molar-refractivity contribution < 1.29 is 5.11 Å². The summed E-state index contributed by atoms with van der Waals surface area (Å²) in [6, 6.07) is 7.79. The standard InChI is InChI=1S/C13H14ClNOS2/c1-8-13(9(2)16)18-12(15-8)7-17-11-6-4-3-5-10(11)14/h3-6,9,16H,7H2,1-2H3. The first-order chi connectivity index (χ1) is 8.58. The lowest BCUT2D eigenvalue weighted by Crippen LogP contribution is -1.88. The van der Waals surface area contributed by atoms with Crippen LogP contribution in [0.15, 0.2) is 29.2 Å². The summed E-state index contributed by atoms with van der Waals surface area (Å²) in [6.07, 6.45) is -0.443. The van der Waals surface area contributed by atoms with Crippen LogP contribution in [0.2, 0.25) is 5.02 Å². The van der Waals surface area contributed by atoms with E-state index in [1.165, 1.54) is 0 Å². The van der Waals surface area contributed by atoms with Gasteiger partial charge in [0.05, 0.1) is 27.5 Å². The van der Waals surface area contributed by atoms with Gasteiger partial charge in [-0.2, -0.15) is 0 Å². The van der Waals surface area contributed by atoms with Gasteiger partial charge in [-0.05, 0) is 26.0 Å². The summed E-state index contributed by atoms with van der Waals surface area (Å²) in [5.74, 6) is 0.780. The van der Waals surface area contributed by atoms with Gasteiger partial charge in [0.2, 0.25) is 0 Å². The Morgan fingerprint density at radius 3 is 2.78 bits per heavy atom. The number of thiazole rings is 1. The Morgan fingerprint density at radius 1 is 1.44 bits per heavy atom. The highest BCUT2D eigenvalue weighted by molar-refractivity contribution is 7.98. The van der Waals surface area contributed by atoms with Gasteiger partial charge in [-0.1, -0.05) is 23.7 Å². The molecule has 5 heteroatoms. The van der Waals surface area contributed by atoms with Gasteiger partial charge < -0.3 is 5.11 Å². The number of nitrogens with zero attached hydrogens (tertiary/aromatic N) is 1. The summed E-state index contributed by atoms with van der Waals surface area (Å²) < 4.78 is 0. The van der Waals surface area contributed by atoms with Crippen molar-refractivity contribution in [1.82, 2.24) is 4.98 Å². The van der Waals surface area contributed by atoms with E-state index in [1.54, 1.807) is 30.0 Å². The van der Waals surface area contributed by atoms with Crippen molar-refractivity contribution >= 4 is 34.7 Å². The molecular weight excluding hydrogens is 286 g/mol. The Labute approximate surface area is 120 Å². The maximum absolute atomic E-state index is 9.59. The minimum atomic E-state index is -0.443. The molecule has 0 amide bonds. The van der Waals surface area contributed by atoms with E-state index in [9.17, 15) is 5.11 Å². The second-order valence-corrected chi connectivity index (χ2v) is 6.49. The molecule has 18 heavy (non-hydrogen) atoms. The maximum Gasteiger partial charge on any atom is 0.103 e. The lowest BCUT2D eigenvalue weighted by Gasteiger charge is -2.01. The highest BCUT2D eigenvalue weighted by Crippen LogP contribution is 2.32. The molecule has 1 atom stereocenters. The molecule has 2 rings (SSSR count). The minimum absolute atomic E-state index is 0.443. The van der Waals surface area contributed by atoms with E-state index in [0.717, 1.165) is 31.2 Å². The molecule has 0 fully saturated rings. The molecule has 2 aromatic rings. The number of hydrogen-bond acceptors (Lipinski definition) is 4.